The molecule has 0 fully saturated rings. The third kappa shape index (κ3) is 4.57. The number of rotatable bonds is 6. The Bertz CT molecular complexity index is 855. The maximum Gasteiger partial charge on any atom is 0.244 e. The van der Waals surface area contributed by atoms with Crippen LogP contribution in [0.15, 0.2) is 42.5 Å². The second-order valence-corrected chi connectivity index (χ2v) is 6.10. The zero-order valence-electron chi connectivity index (χ0n) is 15.4. The molecule has 26 heavy (non-hydrogen) atoms. The zero-order chi connectivity index (χ0) is 19.3. The quantitative estimate of drug-likeness (QED) is 0.603. The second kappa shape index (κ2) is 8.43. The van der Waals surface area contributed by atoms with E-state index in [2.05, 4.69) is 5.32 Å². The number of hydrogen-bond donors (Lipinski definition) is 2. The first-order valence-corrected chi connectivity index (χ1v) is 8.27. The standard InChI is InChI=1S/C21H23FN2O2/c1-13-5-10-20(26-4)14(2)19(13)12-24-21(25)11-18(15(3)23)16-6-8-17(22)9-7-16/h5-11,23H,12H2,1-4H3,(H,24,25)/b18-11+,23-15?. The average molecular weight is 354 g/mol. The van der Waals surface area contributed by atoms with Crippen LogP contribution < -0.4 is 10.1 Å². The van der Waals surface area contributed by atoms with Gasteiger partial charge < -0.3 is 15.5 Å². The molecule has 0 spiro atoms. The van der Waals surface area contributed by atoms with Gasteiger partial charge >= 0.3 is 0 Å². The van der Waals surface area contributed by atoms with Gasteiger partial charge in [-0.1, -0.05) is 18.2 Å². The highest BCUT2D eigenvalue weighted by molar-refractivity contribution is 6.24. The molecule has 0 aliphatic carbocycles. The fourth-order valence-corrected chi connectivity index (χ4v) is 2.76. The molecule has 0 radical (unpaired) electrons. The van der Waals surface area contributed by atoms with Crippen molar-refractivity contribution in [1.82, 2.24) is 5.32 Å². The summed E-state index contributed by atoms with van der Waals surface area (Å²) in [4.78, 5) is 12.4. The number of carbonyl (C=O) groups is 1. The molecule has 0 bridgehead atoms. The molecule has 2 aromatic carbocycles. The van der Waals surface area contributed by atoms with Crippen molar-refractivity contribution in [3.63, 3.8) is 0 Å². The Morgan fingerprint density at radius 2 is 1.85 bits per heavy atom. The highest BCUT2D eigenvalue weighted by Crippen LogP contribution is 2.24. The molecule has 0 aliphatic rings. The van der Waals surface area contributed by atoms with Gasteiger partial charge in [-0.15, -0.1) is 0 Å². The van der Waals surface area contributed by atoms with Gasteiger partial charge in [0, 0.05) is 23.9 Å². The smallest absolute Gasteiger partial charge is 0.244 e. The Hall–Kier alpha value is -2.95. The lowest BCUT2D eigenvalue weighted by atomic mass is 10.0. The van der Waals surface area contributed by atoms with E-state index in [0.717, 1.165) is 22.4 Å². The number of halogens is 1. The van der Waals surface area contributed by atoms with Crippen molar-refractivity contribution in [3.8, 4) is 5.75 Å². The molecule has 2 N–H and O–H groups in total. The van der Waals surface area contributed by atoms with Crippen LogP contribution in [-0.2, 0) is 11.3 Å². The lowest BCUT2D eigenvalue weighted by Crippen LogP contribution is -2.22. The predicted octanol–water partition coefficient (Wildman–Crippen LogP) is 4.19. The largest absolute Gasteiger partial charge is 0.496 e. The first-order chi connectivity index (χ1) is 12.3. The molecule has 1 amide bonds. The number of ether oxygens (including phenoxy) is 1. The fraction of sp³-hybridized carbons (Fsp3) is 0.238. The number of aryl methyl sites for hydroxylation is 1. The summed E-state index contributed by atoms with van der Waals surface area (Å²) < 4.78 is 18.4. The Morgan fingerprint density at radius 1 is 1.19 bits per heavy atom. The van der Waals surface area contributed by atoms with E-state index < -0.39 is 0 Å². The van der Waals surface area contributed by atoms with Crippen LogP contribution in [0.4, 0.5) is 4.39 Å². The van der Waals surface area contributed by atoms with Crippen molar-refractivity contribution in [2.24, 2.45) is 0 Å². The van der Waals surface area contributed by atoms with Crippen molar-refractivity contribution in [1.29, 1.82) is 5.41 Å². The van der Waals surface area contributed by atoms with Crippen LogP contribution in [-0.4, -0.2) is 18.7 Å². The molecule has 2 rings (SSSR count). The summed E-state index contributed by atoms with van der Waals surface area (Å²) in [5.74, 6) is 0.111. The molecular formula is C21H23FN2O2. The van der Waals surface area contributed by atoms with Crippen LogP contribution in [0.2, 0.25) is 0 Å². The van der Waals surface area contributed by atoms with Gasteiger partial charge in [0.25, 0.3) is 0 Å². The minimum absolute atomic E-state index is 0.237. The molecule has 2 aromatic rings. The molecule has 0 aromatic heterocycles. The molecule has 0 aliphatic heterocycles. The maximum absolute atomic E-state index is 13.1. The summed E-state index contributed by atoms with van der Waals surface area (Å²) in [6.07, 6.45) is 1.38. The van der Waals surface area contributed by atoms with E-state index in [1.54, 1.807) is 26.2 Å². The zero-order valence-corrected chi connectivity index (χ0v) is 15.4. The summed E-state index contributed by atoms with van der Waals surface area (Å²) in [7, 11) is 1.62. The first-order valence-electron chi connectivity index (χ1n) is 8.27. The van der Waals surface area contributed by atoms with Crippen molar-refractivity contribution in [2.75, 3.05) is 7.11 Å². The molecule has 4 nitrogen and oxygen atoms in total. The number of carbonyl (C=O) groups excluding carboxylic acids is 1. The van der Waals surface area contributed by atoms with Gasteiger partial charge in [0.1, 0.15) is 11.6 Å². The lowest BCUT2D eigenvalue weighted by molar-refractivity contribution is -0.116. The van der Waals surface area contributed by atoms with Crippen LogP contribution in [0, 0.1) is 25.1 Å². The van der Waals surface area contributed by atoms with Crippen molar-refractivity contribution in [3.05, 3.63) is 70.5 Å². The molecule has 0 atom stereocenters. The van der Waals surface area contributed by atoms with E-state index in [-0.39, 0.29) is 17.4 Å². The second-order valence-electron chi connectivity index (χ2n) is 6.10. The van der Waals surface area contributed by atoms with Gasteiger partial charge in [0.05, 0.1) is 7.11 Å². The van der Waals surface area contributed by atoms with Crippen LogP contribution in [0.25, 0.3) is 5.57 Å². The van der Waals surface area contributed by atoms with Crippen molar-refractivity contribution < 1.29 is 13.9 Å². The Kier molecular flexibility index (Phi) is 6.28. The number of benzene rings is 2. The van der Waals surface area contributed by atoms with Crippen LogP contribution >= 0.6 is 0 Å². The fourth-order valence-electron chi connectivity index (χ4n) is 2.76. The number of allylic oxidation sites excluding steroid dienone is 1. The average Bonchev–Trinajstić information content (AvgIpc) is 2.60. The topological polar surface area (TPSA) is 62.2 Å². The summed E-state index contributed by atoms with van der Waals surface area (Å²) in [5.41, 5.74) is 4.37. The van der Waals surface area contributed by atoms with Gasteiger partial charge in [-0.25, -0.2) is 4.39 Å². The molecule has 136 valence electrons. The summed E-state index contributed by atoms with van der Waals surface area (Å²) in [5, 5.41) is 10.8. The SMILES string of the molecule is COc1ccc(C)c(CNC(=O)/C=C(\C(C)=N)c2ccc(F)cc2)c1C. The third-order valence-electron chi connectivity index (χ3n) is 4.28. The molecule has 0 heterocycles. The van der Waals surface area contributed by atoms with Gasteiger partial charge in [-0.3, -0.25) is 4.79 Å². The Morgan fingerprint density at radius 3 is 2.42 bits per heavy atom. The molecule has 0 saturated heterocycles. The van der Waals surface area contributed by atoms with Crippen LogP contribution in [0.1, 0.15) is 29.2 Å². The summed E-state index contributed by atoms with van der Waals surface area (Å²) in [6.45, 7) is 5.89. The van der Waals surface area contributed by atoms with E-state index in [4.69, 9.17) is 10.1 Å². The molecule has 5 heteroatoms. The summed E-state index contributed by atoms with van der Waals surface area (Å²) in [6, 6.07) is 9.60. The van der Waals surface area contributed by atoms with Gasteiger partial charge in [0.15, 0.2) is 0 Å². The van der Waals surface area contributed by atoms with Crippen molar-refractivity contribution >= 4 is 17.2 Å². The first kappa shape index (κ1) is 19.4. The Labute approximate surface area is 153 Å². The summed E-state index contributed by atoms with van der Waals surface area (Å²) >= 11 is 0. The predicted molar refractivity (Wildman–Crippen MR) is 102 cm³/mol. The van der Waals surface area contributed by atoms with Gasteiger partial charge in [-0.05, 0) is 61.2 Å². The highest BCUT2D eigenvalue weighted by Gasteiger charge is 2.11. The van der Waals surface area contributed by atoms with E-state index >= 15 is 0 Å². The molecule has 0 unspecified atom stereocenters. The highest BCUT2D eigenvalue weighted by atomic mass is 19.1. The Balaban J connectivity index is 2.20. The minimum Gasteiger partial charge on any atom is -0.496 e. The maximum atomic E-state index is 13.1. The van der Waals surface area contributed by atoms with Crippen LogP contribution in [0.5, 0.6) is 5.75 Å². The van der Waals surface area contributed by atoms with Gasteiger partial charge in [0.2, 0.25) is 5.91 Å². The van der Waals surface area contributed by atoms with Gasteiger partial charge in [-0.2, -0.15) is 0 Å². The number of nitrogens with one attached hydrogen (secondary N) is 2. The van der Waals surface area contributed by atoms with E-state index in [0.29, 0.717) is 17.7 Å². The van der Waals surface area contributed by atoms with E-state index in [1.165, 1.54) is 18.2 Å². The minimum atomic E-state index is -0.357. The molecular weight excluding hydrogens is 331 g/mol. The van der Waals surface area contributed by atoms with E-state index in [1.807, 2.05) is 26.0 Å². The number of methoxy groups -OCH3 is 1. The monoisotopic (exact) mass is 354 g/mol. The van der Waals surface area contributed by atoms with E-state index in [9.17, 15) is 9.18 Å². The molecule has 0 saturated carbocycles. The van der Waals surface area contributed by atoms with Crippen molar-refractivity contribution in [2.45, 2.75) is 27.3 Å². The van der Waals surface area contributed by atoms with Crippen LogP contribution in [0.3, 0.4) is 0 Å². The third-order valence-corrected chi connectivity index (χ3v) is 4.28. The number of amides is 1. The normalized spacial score (nSPS) is 11.2. The number of hydrogen-bond acceptors (Lipinski definition) is 3. The lowest BCUT2D eigenvalue weighted by Gasteiger charge is -2.14.